The van der Waals surface area contributed by atoms with E-state index < -0.39 is 5.97 Å². The molecular formula is C28H40O4. The van der Waals surface area contributed by atoms with Crippen LogP contribution < -0.4 is 4.74 Å². The number of carbonyl (C=O) groups excluding carboxylic acids is 2. The van der Waals surface area contributed by atoms with Gasteiger partial charge in [0.25, 0.3) is 0 Å². The molecule has 0 aliphatic heterocycles. The zero-order chi connectivity index (χ0) is 22.8. The van der Waals surface area contributed by atoms with Gasteiger partial charge in [0, 0.05) is 6.08 Å². The van der Waals surface area contributed by atoms with Crippen molar-refractivity contribution in [2.75, 3.05) is 0 Å². The fraction of sp³-hybridized carbons (Fsp3) is 0.643. The minimum Gasteiger partial charge on any atom is -0.458 e. The van der Waals surface area contributed by atoms with Gasteiger partial charge in [-0.2, -0.15) is 0 Å². The van der Waals surface area contributed by atoms with E-state index in [4.69, 9.17) is 9.47 Å². The van der Waals surface area contributed by atoms with E-state index in [9.17, 15) is 9.59 Å². The van der Waals surface area contributed by atoms with E-state index in [0.717, 1.165) is 42.2 Å². The van der Waals surface area contributed by atoms with Gasteiger partial charge in [-0.25, -0.2) is 4.79 Å². The summed E-state index contributed by atoms with van der Waals surface area (Å²) in [6.45, 7) is 5.85. The monoisotopic (exact) mass is 440 g/mol. The van der Waals surface area contributed by atoms with Gasteiger partial charge in [-0.05, 0) is 74.0 Å². The van der Waals surface area contributed by atoms with Crippen LogP contribution in [0, 0.1) is 23.7 Å². The molecule has 176 valence electrons. The topological polar surface area (TPSA) is 52.6 Å². The number of benzene rings is 1. The molecule has 0 saturated heterocycles. The number of hydrogen-bond donors (Lipinski definition) is 0. The van der Waals surface area contributed by atoms with Gasteiger partial charge in [-0.3, -0.25) is 4.79 Å². The lowest BCUT2D eigenvalue weighted by molar-refractivity contribution is -0.140. The highest BCUT2D eigenvalue weighted by molar-refractivity contribution is 5.81. The molecule has 4 nitrogen and oxygen atoms in total. The lowest BCUT2D eigenvalue weighted by Gasteiger charge is -2.37. The van der Waals surface area contributed by atoms with Crippen molar-refractivity contribution in [1.29, 1.82) is 0 Å². The number of esters is 2. The van der Waals surface area contributed by atoms with Crippen molar-refractivity contribution < 1.29 is 19.1 Å². The molecule has 32 heavy (non-hydrogen) atoms. The summed E-state index contributed by atoms with van der Waals surface area (Å²) in [4.78, 5) is 23.8. The zero-order valence-corrected chi connectivity index (χ0v) is 19.7. The van der Waals surface area contributed by atoms with Crippen LogP contribution in [0.2, 0.25) is 0 Å². The Morgan fingerprint density at radius 1 is 0.938 bits per heavy atom. The van der Waals surface area contributed by atoms with Crippen LogP contribution in [-0.2, 0) is 20.9 Å². The maximum Gasteiger partial charge on any atom is 0.330 e. The molecule has 2 aliphatic rings. The first-order valence-corrected chi connectivity index (χ1v) is 12.7. The Bertz CT molecular complexity index is 722. The minimum atomic E-state index is -0.448. The summed E-state index contributed by atoms with van der Waals surface area (Å²) in [6, 6.07) is 7.15. The number of rotatable bonds is 10. The molecule has 0 N–H and O–H groups in total. The maximum absolute atomic E-state index is 12.7. The lowest BCUT2D eigenvalue weighted by Crippen LogP contribution is -2.30. The molecule has 4 heteroatoms. The maximum atomic E-state index is 12.7. The third-order valence-electron chi connectivity index (χ3n) is 7.57. The normalized spacial score (nSPS) is 25.7. The molecule has 0 atom stereocenters. The van der Waals surface area contributed by atoms with E-state index in [1.807, 2.05) is 12.1 Å². The molecule has 2 saturated carbocycles. The van der Waals surface area contributed by atoms with Crippen LogP contribution in [0.1, 0.15) is 89.5 Å². The Kier molecular flexibility index (Phi) is 9.83. The molecule has 1 aromatic carbocycles. The number of ether oxygens (including phenoxy) is 2. The van der Waals surface area contributed by atoms with E-state index in [1.54, 1.807) is 12.1 Å². The average Bonchev–Trinajstić information content (AvgIpc) is 2.84. The van der Waals surface area contributed by atoms with E-state index in [1.165, 1.54) is 64.2 Å². The van der Waals surface area contributed by atoms with Crippen LogP contribution in [0.15, 0.2) is 36.9 Å². The van der Waals surface area contributed by atoms with E-state index in [0.29, 0.717) is 5.75 Å². The SMILES string of the molecule is C=CC(=O)OCc1ccc(OC(=O)C2CCC(C3CCC(CCCCC)CC3)CC2)cc1. The van der Waals surface area contributed by atoms with Crippen LogP contribution in [0.4, 0.5) is 0 Å². The molecule has 0 spiro atoms. The van der Waals surface area contributed by atoms with Crippen molar-refractivity contribution in [2.24, 2.45) is 23.7 Å². The van der Waals surface area contributed by atoms with Crippen LogP contribution in [0.3, 0.4) is 0 Å². The molecule has 0 radical (unpaired) electrons. The molecule has 3 rings (SSSR count). The second-order valence-corrected chi connectivity index (χ2v) is 9.77. The highest BCUT2D eigenvalue weighted by Gasteiger charge is 2.33. The molecule has 2 aliphatic carbocycles. The summed E-state index contributed by atoms with van der Waals surface area (Å²) in [5.74, 6) is 2.65. The van der Waals surface area contributed by atoms with Crippen molar-refractivity contribution in [3.63, 3.8) is 0 Å². The first-order chi connectivity index (χ1) is 15.6. The second-order valence-electron chi connectivity index (χ2n) is 9.77. The number of unbranched alkanes of at least 4 members (excludes halogenated alkanes) is 2. The number of carbonyl (C=O) groups is 2. The summed E-state index contributed by atoms with van der Waals surface area (Å²) in [5.41, 5.74) is 0.848. The smallest absolute Gasteiger partial charge is 0.330 e. The van der Waals surface area contributed by atoms with Crippen LogP contribution >= 0.6 is 0 Å². The first-order valence-electron chi connectivity index (χ1n) is 12.7. The molecule has 1 aromatic rings. The predicted octanol–water partition coefficient (Wildman–Crippen LogP) is 7.01. The Morgan fingerprint density at radius 2 is 1.56 bits per heavy atom. The zero-order valence-electron chi connectivity index (χ0n) is 19.7. The fourth-order valence-corrected chi connectivity index (χ4v) is 5.52. The van der Waals surface area contributed by atoms with Crippen molar-refractivity contribution in [3.8, 4) is 5.75 Å². The van der Waals surface area contributed by atoms with Crippen molar-refractivity contribution in [1.82, 2.24) is 0 Å². The summed E-state index contributed by atoms with van der Waals surface area (Å²) in [6.07, 6.45) is 16.5. The van der Waals surface area contributed by atoms with Gasteiger partial charge in [-0.15, -0.1) is 0 Å². The Labute approximate surface area is 193 Å². The van der Waals surface area contributed by atoms with E-state index >= 15 is 0 Å². The van der Waals surface area contributed by atoms with Crippen LogP contribution in [-0.4, -0.2) is 11.9 Å². The molecule has 0 amide bonds. The van der Waals surface area contributed by atoms with Gasteiger partial charge >= 0.3 is 11.9 Å². The average molecular weight is 441 g/mol. The standard InChI is InChI=1S/C28H40O4/c1-3-5-6-7-21-8-12-23(13-9-21)24-14-16-25(17-15-24)28(30)32-26-18-10-22(11-19-26)20-31-27(29)4-2/h4,10-11,18-19,21,23-25H,2-3,5-9,12-17,20H2,1H3. The van der Waals surface area contributed by atoms with Gasteiger partial charge in [0.1, 0.15) is 12.4 Å². The quantitative estimate of drug-likeness (QED) is 0.170. The molecule has 0 heterocycles. The lowest BCUT2D eigenvalue weighted by atomic mass is 9.68. The fourth-order valence-electron chi connectivity index (χ4n) is 5.52. The third kappa shape index (κ3) is 7.50. The van der Waals surface area contributed by atoms with Gasteiger partial charge in [0.05, 0.1) is 5.92 Å². The van der Waals surface area contributed by atoms with Gasteiger partial charge in [0.15, 0.2) is 0 Å². The van der Waals surface area contributed by atoms with Crippen LogP contribution in [0.25, 0.3) is 0 Å². The minimum absolute atomic E-state index is 0.0184. The first kappa shape index (κ1) is 24.5. The Hall–Kier alpha value is -2.10. The number of hydrogen-bond acceptors (Lipinski definition) is 4. The highest BCUT2D eigenvalue weighted by Crippen LogP contribution is 2.42. The summed E-state index contributed by atoms with van der Waals surface area (Å²) >= 11 is 0. The summed E-state index contributed by atoms with van der Waals surface area (Å²) in [7, 11) is 0. The van der Waals surface area contributed by atoms with E-state index in [2.05, 4.69) is 13.5 Å². The van der Waals surface area contributed by atoms with Crippen molar-refractivity contribution >= 4 is 11.9 Å². The second kappa shape index (κ2) is 12.8. The third-order valence-corrected chi connectivity index (χ3v) is 7.57. The summed E-state index contributed by atoms with van der Waals surface area (Å²) < 4.78 is 10.7. The molecule has 0 aromatic heterocycles. The Balaban J connectivity index is 1.36. The molecular weight excluding hydrogens is 400 g/mol. The van der Waals surface area contributed by atoms with Gasteiger partial charge < -0.3 is 9.47 Å². The van der Waals surface area contributed by atoms with Crippen molar-refractivity contribution in [2.45, 2.75) is 90.6 Å². The largest absolute Gasteiger partial charge is 0.458 e. The predicted molar refractivity (Wildman–Crippen MR) is 127 cm³/mol. The molecule has 0 unspecified atom stereocenters. The molecule has 0 bridgehead atoms. The molecule has 2 fully saturated rings. The highest BCUT2D eigenvalue weighted by atomic mass is 16.5. The van der Waals surface area contributed by atoms with Crippen LogP contribution in [0.5, 0.6) is 5.75 Å². The summed E-state index contributed by atoms with van der Waals surface area (Å²) in [5, 5.41) is 0. The van der Waals surface area contributed by atoms with Gasteiger partial charge in [0.2, 0.25) is 0 Å². The Morgan fingerprint density at radius 3 is 2.16 bits per heavy atom. The van der Waals surface area contributed by atoms with Crippen molar-refractivity contribution in [3.05, 3.63) is 42.5 Å². The van der Waals surface area contributed by atoms with E-state index in [-0.39, 0.29) is 18.5 Å². The van der Waals surface area contributed by atoms with Gasteiger partial charge in [-0.1, -0.05) is 64.2 Å².